The second-order valence-electron chi connectivity index (χ2n) is 3.19. The van der Waals surface area contributed by atoms with Crippen molar-refractivity contribution in [3.8, 4) is 0 Å². The molecule has 1 aromatic carbocycles. The highest BCUT2D eigenvalue weighted by atomic mass is 16.6. The Bertz CT molecular complexity index is 403. The molecule has 2 rings (SSSR count). The van der Waals surface area contributed by atoms with Crippen LogP contribution in [-0.2, 0) is 9.47 Å². The maximum atomic E-state index is 11.1. The van der Waals surface area contributed by atoms with E-state index in [9.17, 15) is 4.79 Å². The molecule has 16 heavy (non-hydrogen) atoms. The zero-order chi connectivity index (χ0) is 11.4. The Hall–Kier alpha value is -2.04. The van der Waals surface area contributed by atoms with E-state index in [1.54, 1.807) is 0 Å². The first kappa shape index (κ1) is 10.5. The molecule has 1 unspecified atom stereocenters. The van der Waals surface area contributed by atoms with Crippen LogP contribution in [0.15, 0.2) is 35.4 Å². The van der Waals surface area contributed by atoms with Gasteiger partial charge in [-0.15, -0.1) is 5.10 Å². The van der Waals surface area contributed by atoms with Crippen molar-refractivity contribution in [3.63, 3.8) is 0 Å². The summed E-state index contributed by atoms with van der Waals surface area (Å²) in [6.45, 7) is 2.32. The number of rotatable bonds is 2. The molecule has 1 atom stereocenters. The number of benzene rings is 1. The summed E-state index contributed by atoms with van der Waals surface area (Å²) in [7, 11) is 0. The zero-order valence-electron chi connectivity index (χ0n) is 8.84. The number of hydrogen-bond donors (Lipinski definition) is 1. The van der Waals surface area contributed by atoms with Gasteiger partial charge in [-0.05, 0) is 6.92 Å². The van der Waals surface area contributed by atoms with Crippen LogP contribution in [-0.4, -0.2) is 18.6 Å². The van der Waals surface area contributed by atoms with Crippen LogP contribution in [0.2, 0.25) is 0 Å². The molecular weight excluding hydrogens is 208 g/mol. The molecule has 1 amide bonds. The average Bonchev–Trinajstić information content (AvgIpc) is 2.33. The van der Waals surface area contributed by atoms with Crippen LogP contribution >= 0.6 is 0 Å². The van der Waals surface area contributed by atoms with Gasteiger partial charge < -0.3 is 9.47 Å². The molecule has 0 bridgehead atoms. The molecule has 1 N–H and O–H groups in total. The van der Waals surface area contributed by atoms with E-state index in [0.29, 0.717) is 12.5 Å². The number of hydrogen-bond acceptors (Lipinski definition) is 4. The van der Waals surface area contributed by atoms with Crippen molar-refractivity contribution in [2.24, 2.45) is 5.10 Å². The molecule has 84 valence electrons. The predicted octanol–water partition coefficient (Wildman–Crippen LogP) is 1.82. The van der Waals surface area contributed by atoms with Crippen LogP contribution in [0.3, 0.4) is 0 Å². The molecule has 1 aromatic rings. The summed E-state index contributed by atoms with van der Waals surface area (Å²) in [6.07, 6.45) is -1.13. The molecule has 1 aliphatic heterocycles. The Morgan fingerprint density at radius 1 is 1.44 bits per heavy atom. The molecule has 0 aliphatic carbocycles. The Balaban J connectivity index is 2.26. The summed E-state index contributed by atoms with van der Waals surface area (Å²) < 4.78 is 10.4. The maximum absolute atomic E-state index is 11.1. The SMILES string of the molecule is CCOC1=NNC(=O)OC1c1ccccc1. The molecule has 0 spiro atoms. The molecule has 0 saturated carbocycles. The average molecular weight is 220 g/mol. The molecule has 1 aliphatic rings. The van der Waals surface area contributed by atoms with Gasteiger partial charge in [-0.3, -0.25) is 0 Å². The topological polar surface area (TPSA) is 59.9 Å². The molecule has 0 aromatic heterocycles. The lowest BCUT2D eigenvalue weighted by Crippen LogP contribution is -2.34. The van der Waals surface area contributed by atoms with Crippen molar-refractivity contribution in [1.82, 2.24) is 5.43 Å². The number of cyclic esters (lactones) is 1. The molecule has 0 fully saturated rings. The van der Waals surface area contributed by atoms with Crippen LogP contribution in [0.1, 0.15) is 18.6 Å². The highest BCUT2D eigenvalue weighted by molar-refractivity contribution is 5.88. The fourth-order valence-corrected chi connectivity index (χ4v) is 1.44. The zero-order valence-corrected chi connectivity index (χ0v) is 8.84. The van der Waals surface area contributed by atoms with E-state index in [4.69, 9.17) is 9.47 Å². The Labute approximate surface area is 93.1 Å². The van der Waals surface area contributed by atoms with Crippen molar-refractivity contribution >= 4 is 12.0 Å². The number of carbonyl (C=O) groups excluding carboxylic acids is 1. The predicted molar refractivity (Wildman–Crippen MR) is 57.9 cm³/mol. The first-order valence-electron chi connectivity index (χ1n) is 5.03. The lowest BCUT2D eigenvalue weighted by molar-refractivity contribution is 0.102. The van der Waals surface area contributed by atoms with Gasteiger partial charge in [0.15, 0.2) is 0 Å². The molecule has 1 heterocycles. The van der Waals surface area contributed by atoms with Gasteiger partial charge in [0, 0.05) is 5.56 Å². The minimum atomic E-state index is -0.572. The molecule has 0 radical (unpaired) electrons. The van der Waals surface area contributed by atoms with Crippen molar-refractivity contribution in [2.45, 2.75) is 13.0 Å². The summed E-state index contributed by atoms with van der Waals surface area (Å²) >= 11 is 0. The quantitative estimate of drug-likeness (QED) is 0.826. The highest BCUT2D eigenvalue weighted by Crippen LogP contribution is 2.21. The van der Waals surface area contributed by atoms with Crippen LogP contribution in [0.4, 0.5) is 4.79 Å². The van der Waals surface area contributed by atoms with E-state index in [-0.39, 0.29) is 0 Å². The molecule has 5 heteroatoms. The van der Waals surface area contributed by atoms with E-state index in [1.807, 2.05) is 37.3 Å². The summed E-state index contributed by atoms with van der Waals surface area (Å²) in [4.78, 5) is 11.1. The summed E-state index contributed by atoms with van der Waals surface area (Å²) in [5, 5.41) is 3.83. The summed E-state index contributed by atoms with van der Waals surface area (Å²) in [6, 6.07) is 9.35. The minimum absolute atomic E-state index is 0.369. The van der Waals surface area contributed by atoms with E-state index >= 15 is 0 Å². The summed E-state index contributed by atoms with van der Waals surface area (Å²) in [5.74, 6) is 0.369. The van der Waals surface area contributed by atoms with Gasteiger partial charge in [-0.1, -0.05) is 30.3 Å². The Morgan fingerprint density at radius 2 is 2.19 bits per heavy atom. The largest absolute Gasteiger partial charge is 0.477 e. The first-order chi connectivity index (χ1) is 7.81. The normalized spacial score (nSPS) is 19.4. The van der Waals surface area contributed by atoms with Crippen molar-refractivity contribution in [1.29, 1.82) is 0 Å². The van der Waals surface area contributed by atoms with Crippen LogP contribution in [0.25, 0.3) is 0 Å². The minimum Gasteiger partial charge on any atom is -0.477 e. The highest BCUT2D eigenvalue weighted by Gasteiger charge is 2.28. The van der Waals surface area contributed by atoms with Gasteiger partial charge in [0.25, 0.3) is 5.90 Å². The van der Waals surface area contributed by atoms with Gasteiger partial charge in [-0.2, -0.15) is 0 Å². The van der Waals surface area contributed by atoms with Gasteiger partial charge >= 0.3 is 6.09 Å². The molecule has 5 nitrogen and oxygen atoms in total. The van der Waals surface area contributed by atoms with Crippen molar-refractivity contribution in [2.75, 3.05) is 6.61 Å². The monoisotopic (exact) mass is 220 g/mol. The molecule has 0 saturated heterocycles. The van der Waals surface area contributed by atoms with Gasteiger partial charge in [0.1, 0.15) is 0 Å². The van der Waals surface area contributed by atoms with Crippen LogP contribution in [0.5, 0.6) is 0 Å². The third-order valence-electron chi connectivity index (χ3n) is 2.10. The van der Waals surface area contributed by atoms with E-state index < -0.39 is 12.2 Å². The number of carbonyl (C=O) groups is 1. The second-order valence-corrected chi connectivity index (χ2v) is 3.19. The fraction of sp³-hybridized carbons (Fsp3) is 0.273. The van der Waals surface area contributed by atoms with E-state index in [2.05, 4.69) is 10.5 Å². The van der Waals surface area contributed by atoms with E-state index in [0.717, 1.165) is 5.56 Å². The van der Waals surface area contributed by atoms with E-state index in [1.165, 1.54) is 0 Å². The fourth-order valence-electron chi connectivity index (χ4n) is 1.44. The number of amides is 1. The third kappa shape index (κ3) is 2.13. The maximum Gasteiger partial charge on any atom is 0.428 e. The molecular formula is C11H12N2O3. The van der Waals surface area contributed by atoms with Gasteiger partial charge in [0.2, 0.25) is 6.10 Å². The van der Waals surface area contributed by atoms with Crippen LogP contribution < -0.4 is 5.43 Å². The van der Waals surface area contributed by atoms with Crippen molar-refractivity contribution < 1.29 is 14.3 Å². The standard InChI is InChI=1S/C11H12N2O3/c1-2-15-10-9(16-11(14)13-12-10)8-6-4-3-5-7-8/h3-7,9H,2H2,1H3,(H,13,14). The lowest BCUT2D eigenvalue weighted by Gasteiger charge is -2.23. The third-order valence-corrected chi connectivity index (χ3v) is 2.10. The van der Waals surface area contributed by atoms with Gasteiger partial charge in [-0.25, -0.2) is 10.2 Å². The van der Waals surface area contributed by atoms with Crippen LogP contribution in [0, 0.1) is 0 Å². The Morgan fingerprint density at radius 3 is 2.88 bits per heavy atom. The number of nitrogens with one attached hydrogen (secondary N) is 1. The first-order valence-corrected chi connectivity index (χ1v) is 5.03. The Kier molecular flexibility index (Phi) is 3.05. The second kappa shape index (κ2) is 4.65. The smallest absolute Gasteiger partial charge is 0.428 e. The number of hydrazone groups is 1. The number of nitrogens with zero attached hydrogens (tertiary/aromatic N) is 1. The summed E-state index contributed by atoms with van der Waals surface area (Å²) in [5.41, 5.74) is 3.06. The van der Waals surface area contributed by atoms with Gasteiger partial charge in [0.05, 0.1) is 6.61 Å². The number of ether oxygens (including phenoxy) is 2. The lowest BCUT2D eigenvalue weighted by atomic mass is 10.1. The van der Waals surface area contributed by atoms with Crippen molar-refractivity contribution in [3.05, 3.63) is 35.9 Å².